The quantitative estimate of drug-likeness (QED) is 0.547. The maximum absolute atomic E-state index is 3.77. The van der Waals surface area contributed by atoms with Crippen molar-refractivity contribution in [3.8, 4) is 0 Å². The zero-order valence-electron chi connectivity index (χ0n) is 8.30. The third-order valence-corrected chi connectivity index (χ3v) is 1.65. The van der Waals surface area contributed by atoms with Crippen LogP contribution in [-0.2, 0) is 0 Å². The summed E-state index contributed by atoms with van der Waals surface area (Å²) in [6, 6.07) is 0. The van der Waals surface area contributed by atoms with Crippen molar-refractivity contribution in [2.24, 2.45) is 0 Å². The fourth-order valence-corrected chi connectivity index (χ4v) is 0.984. The minimum atomic E-state index is 1.08. The lowest BCUT2D eigenvalue weighted by atomic mass is 10.1. The van der Waals surface area contributed by atoms with Crippen LogP contribution in [0.5, 0.6) is 0 Å². The highest BCUT2D eigenvalue weighted by molar-refractivity contribution is 5.39. The molecule has 0 aliphatic heterocycles. The predicted molar refractivity (Wildman–Crippen MR) is 57.1 cm³/mol. The zero-order chi connectivity index (χ0) is 9.40. The van der Waals surface area contributed by atoms with Crippen LogP contribution in [0.2, 0.25) is 0 Å². The van der Waals surface area contributed by atoms with Crippen LogP contribution < -0.4 is 0 Å². The Bertz CT molecular complexity index is 214. The third kappa shape index (κ3) is 3.97. The molecule has 0 unspecified atom stereocenters. The minimum Gasteiger partial charge on any atom is -0.0985 e. The van der Waals surface area contributed by atoms with Gasteiger partial charge in [0.25, 0.3) is 0 Å². The summed E-state index contributed by atoms with van der Waals surface area (Å²) in [7, 11) is 0. The summed E-state index contributed by atoms with van der Waals surface area (Å²) in [6.07, 6.45) is 11.3. The summed E-state index contributed by atoms with van der Waals surface area (Å²) in [5.41, 5.74) is 2.50. The molecule has 0 N–H and O–H groups in total. The second-order valence-electron chi connectivity index (χ2n) is 2.65. The first-order chi connectivity index (χ1) is 5.76. The van der Waals surface area contributed by atoms with E-state index in [0.29, 0.717) is 0 Å². The number of hydrogen-bond donors (Lipinski definition) is 0. The molecule has 0 heteroatoms. The van der Waals surface area contributed by atoms with Gasteiger partial charge >= 0.3 is 0 Å². The Morgan fingerprint density at radius 2 is 2.08 bits per heavy atom. The van der Waals surface area contributed by atoms with Crippen LogP contribution in [0.4, 0.5) is 0 Å². The van der Waals surface area contributed by atoms with Gasteiger partial charge in [0.1, 0.15) is 0 Å². The summed E-state index contributed by atoms with van der Waals surface area (Å²) in [5.74, 6) is 0. The molecule has 0 spiro atoms. The van der Waals surface area contributed by atoms with Gasteiger partial charge in [-0.15, -0.1) is 0 Å². The molecule has 0 heterocycles. The molecule has 0 bridgehead atoms. The fraction of sp³-hybridized carbons (Fsp3) is 0.333. The zero-order valence-corrected chi connectivity index (χ0v) is 8.30. The maximum Gasteiger partial charge on any atom is -0.0237 e. The van der Waals surface area contributed by atoms with E-state index in [2.05, 4.69) is 32.6 Å². The Labute approximate surface area is 76.0 Å². The van der Waals surface area contributed by atoms with E-state index in [0.717, 1.165) is 6.42 Å². The van der Waals surface area contributed by atoms with Crippen molar-refractivity contribution in [2.45, 2.75) is 27.2 Å². The van der Waals surface area contributed by atoms with E-state index in [1.165, 1.54) is 11.1 Å². The van der Waals surface area contributed by atoms with E-state index in [4.69, 9.17) is 0 Å². The Kier molecular flexibility index (Phi) is 6.08. The smallest absolute Gasteiger partial charge is 0.0237 e. The van der Waals surface area contributed by atoms with Crippen molar-refractivity contribution >= 4 is 0 Å². The van der Waals surface area contributed by atoms with E-state index in [1.54, 1.807) is 0 Å². The molecule has 0 saturated heterocycles. The van der Waals surface area contributed by atoms with E-state index in [1.807, 2.05) is 25.2 Å². The van der Waals surface area contributed by atoms with Gasteiger partial charge in [0.2, 0.25) is 0 Å². The second kappa shape index (κ2) is 6.66. The van der Waals surface area contributed by atoms with Crippen molar-refractivity contribution < 1.29 is 0 Å². The molecule has 0 saturated carbocycles. The topological polar surface area (TPSA) is 0 Å². The van der Waals surface area contributed by atoms with Gasteiger partial charge in [-0.2, -0.15) is 0 Å². The molecule has 0 rings (SSSR count). The molecule has 0 radical (unpaired) electrons. The molecule has 0 nitrogen and oxygen atoms in total. The molecule has 0 amide bonds. The van der Waals surface area contributed by atoms with Gasteiger partial charge in [0.15, 0.2) is 0 Å². The summed E-state index contributed by atoms with van der Waals surface area (Å²) >= 11 is 0. The first-order valence-corrected chi connectivity index (χ1v) is 4.38. The highest BCUT2D eigenvalue weighted by atomic mass is 14.0. The Hall–Kier alpha value is -1.04. The van der Waals surface area contributed by atoms with E-state index >= 15 is 0 Å². The number of rotatable bonds is 4. The fourth-order valence-electron chi connectivity index (χ4n) is 0.984. The van der Waals surface area contributed by atoms with Gasteiger partial charge in [-0.05, 0) is 31.4 Å². The molecule has 0 aliphatic rings. The lowest BCUT2D eigenvalue weighted by Gasteiger charge is -1.99. The molecule has 0 aromatic carbocycles. The molecule has 12 heavy (non-hydrogen) atoms. The molecular weight excluding hydrogens is 144 g/mol. The largest absolute Gasteiger partial charge is 0.0985 e. The van der Waals surface area contributed by atoms with Crippen LogP contribution in [-0.4, -0.2) is 0 Å². The van der Waals surface area contributed by atoms with Gasteiger partial charge in [-0.1, -0.05) is 43.9 Å². The molecule has 0 aliphatic carbocycles. The van der Waals surface area contributed by atoms with E-state index < -0.39 is 0 Å². The average Bonchev–Trinajstić information content (AvgIpc) is 2.06. The van der Waals surface area contributed by atoms with Crippen LogP contribution >= 0.6 is 0 Å². The standard InChI is InChI=1S/C12H18/c1-5-8-10-12(7-3)11(4)9-6-2/h5,7-10H,3,6H2,1-2,4H3/b8-5-,11-9+,12-10+. The van der Waals surface area contributed by atoms with Crippen LogP contribution in [0.1, 0.15) is 27.2 Å². The van der Waals surface area contributed by atoms with Crippen LogP contribution in [0.25, 0.3) is 0 Å². The summed E-state index contributed by atoms with van der Waals surface area (Å²) < 4.78 is 0. The molecule has 66 valence electrons. The molecule has 0 aromatic heterocycles. The third-order valence-electron chi connectivity index (χ3n) is 1.65. The molecule has 0 atom stereocenters. The highest BCUT2D eigenvalue weighted by Gasteiger charge is 1.90. The van der Waals surface area contributed by atoms with Crippen molar-refractivity contribution in [2.75, 3.05) is 0 Å². The molecular formula is C12H18. The monoisotopic (exact) mass is 162 g/mol. The van der Waals surface area contributed by atoms with Crippen molar-refractivity contribution in [1.82, 2.24) is 0 Å². The van der Waals surface area contributed by atoms with E-state index in [-0.39, 0.29) is 0 Å². The summed E-state index contributed by atoms with van der Waals surface area (Å²) in [5, 5.41) is 0. The second-order valence-corrected chi connectivity index (χ2v) is 2.65. The molecule has 0 aromatic rings. The van der Waals surface area contributed by atoms with E-state index in [9.17, 15) is 0 Å². The minimum absolute atomic E-state index is 1.08. The summed E-state index contributed by atoms with van der Waals surface area (Å²) in [4.78, 5) is 0. The van der Waals surface area contributed by atoms with Crippen molar-refractivity contribution in [3.63, 3.8) is 0 Å². The normalized spacial score (nSPS) is 13.9. The SMILES string of the molecule is C=CC(=C\C=C/C)/C(C)=C/CC. The Balaban J connectivity index is 4.54. The number of allylic oxidation sites excluding steroid dienone is 7. The van der Waals surface area contributed by atoms with Gasteiger partial charge in [0, 0.05) is 0 Å². The van der Waals surface area contributed by atoms with Crippen molar-refractivity contribution in [1.29, 1.82) is 0 Å². The van der Waals surface area contributed by atoms with Crippen molar-refractivity contribution in [3.05, 3.63) is 48.1 Å². The Morgan fingerprint density at radius 1 is 1.42 bits per heavy atom. The van der Waals surface area contributed by atoms with Crippen LogP contribution in [0.15, 0.2) is 48.1 Å². The van der Waals surface area contributed by atoms with Gasteiger partial charge in [0.05, 0.1) is 0 Å². The highest BCUT2D eigenvalue weighted by Crippen LogP contribution is 2.10. The van der Waals surface area contributed by atoms with Gasteiger partial charge < -0.3 is 0 Å². The Morgan fingerprint density at radius 3 is 2.50 bits per heavy atom. The van der Waals surface area contributed by atoms with Gasteiger partial charge in [-0.3, -0.25) is 0 Å². The molecule has 0 fully saturated rings. The average molecular weight is 162 g/mol. The predicted octanol–water partition coefficient (Wildman–Crippen LogP) is 4.03. The van der Waals surface area contributed by atoms with Crippen LogP contribution in [0.3, 0.4) is 0 Å². The first-order valence-electron chi connectivity index (χ1n) is 4.38. The lowest BCUT2D eigenvalue weighted by Crippen LogP contribution is -1.79. The number of hydrogen-bond acceptors (Lipinski definition) is 0. The first kappa shape index (κ1) is 11.0. The summed E-state index contributed by atoms with van der Waals surface area (Å²) in [6.45, 7) is 10.0. The maximum atomic E-state index is 3.77. The van der Waals surface area contributed by atoms with Crippen LogP contribution in [0, 0.1) is 0 Å². The lowest BCUT2D eigenvalue weighted by molar-refractivity contribution is 1.19. The van der Waals surface area contributed by atoms with Gasteiger partial charge in [-0.25, -0.2) is 0 Å².